The maximum absolute atomic E-state index is 13.8. The van der Waals surface area contributed by atoms with E-state index in [1.165, 1.54) is 26.4 Å². The van der Waals surface area contributed by atoms with Crippen LogP contribution in [0, 0.1) is 5.82 Å². The van der Waals surface area contributed by atoms with Gasteiger partial charge in [-0.3, -0.25) is 4.79 Å². The zero-order valence-electron chi connectivity index (χ0n) is 12.8. The van der Waals surface area contributed by atoms with Crippen LogP contribution in [0.15, 0.2) is 29.5 Å². The van der Waals surface area contributed by atoms with Crippen LogP contribution in [0.5, 0.6) is 5.75 Å². The standard InChI is InChI=1S/C16H18FNO4/c1-18-8-4-5-12(18)14(16(20)22-3)15(19)10-6-7-13(21-2)11(17)9-10/h6-7,9H,4-5,8H2,1-3H3/b14-12+. The highest BCUT2D eigenvalue weighted by molar-refractivity contribution is 6.24. The molecule has 0 N–H and O–H groups in total. The van der Waals surface area contributed by atoms with Gasteiger partial charge in [0.25, 0.3) is 0 Å². The second-order valence-electron chi connectivity index (χ2n) is 5.02. The fraction of sp³-hybridized carbons (Fsp3) is 0.375. The normalized spacial score (nSPS) is 16.5. The fourth-order valence-corrected chi connectivity index (χ4v) is 2.52. The number of benzene rings is 1. The number of carbonyl (C=O) groups is 2. The van der Waals surface area contributed by atoms with Gasteiger partial charge in [-0.2, -0.15) is 0 Å². The van der Waals surface area contributed by atoms with Gasteiger partial charge in [-0.05, 0) is 31.0 Å². The van der Waals surface area contributed by atoms with E-state index in [1.807, 2.05) is 11.9 Å². The number of likely N-dealkylation sites (tertiary alicyclic amines) is 1. The van der Waals surface area contributed by atoms with E-state index in [4.69, 9.17) is 9.47 Å². The minimum atomic E-state index is -0.704. The van der Waals surface area contributed by atoms with E-state index < -0.39 is 17.6 Å². The molecule has 22 heavy (non-hydrogen) atoms. The van der Waals surface area contributed by atoms with Gasteiger partial charge in [0, 0.05) is 24.9 Å². The lowest BCUT2D eigenvalue weighted by atomic mass is 10.00. The molecule has 1 aromatic carbocycles. The first-order chi connectivity index (χ1) is 10.5. The Morgan fingerprint density at radius 1 is 1.27 bits per heavy atom. The average Bonchev–Trinajstić information content (AvgIpc) is 2.93. The van der Waals surface area contributed by atoms with Crippen LogP contribution in [0.1, 0.15) is 23.2 Å². The zero-order valence-corrected chi connectivity index (χ0v) is 12.8. The third-order valence-corrected chi connectivity index (χ3v) is 3.69. The molecule has 0 amide bonds. The predicted molar refractivity (Wildman–Crippen MR) is 78.2 cm³/mol. The second kappa shape index (κ2) is 6.60. The largest absolute Gasteiger partial charge is 0.494 e. The molecule has 0 spiro atoms. The maximum atomic E-state index is 13.8. The van der Waals surface area contributed by atoms with E-state index in [2.05, 4.69) is 0 Å². The number of esters is 1. The minimum Gasteiger partial charge on any atom is -0.494 e. The second-order valence-corrected chi connectivity index (χ2v) is 5.02. The van der Waals surface area contributed by atoms with Crippen molar-refractivity contribution in [2.75, 3.05) is 27.8 Å². The molecule has 0 aromatic heterocycles. The molecular weight excluding hydrogens is 289 g/mol. The number of hydrogen-bond donors (Lipinski definition) is 0. The molecule has 1 aliphatic heterocycles. The summed E-state index contributed by atoms with van der Waals surface area (Å²) in [5.74, 6) is -1.86. The van der Waals surface area contributed by atoms with Crippen LogP contribution in [0.3, 0.4) is 0 Å². The van der Waals surface area contributed by atoms with E-state index in [0.717, 1.165) is 19.0 Å². The van der Waals surface area contributed by atoms with Crippen molar-refractivity contribution in [1.29, 1.82) is 0 Å². The molecule has 0 unspecified atom stereocenters. The SMILES string of the molecule is COC(=O)/C(C(=O)c1ccc(OC)c(F)c1)=C1\CCCN1C. The number of Topliss-reactive ketones (excluding diaryl/α,β-unsaturated/α-hetero) is 1. The number of methoxy groups -OCH3 is 2. The smallest absolute Gasteiger partial charge is 0.343 e. The number of carbonyl (C=O) groups excluding carboxylic acids is 2. The van der Waals surface area contributed by atoms with Crippen molar-refractivity contribution in [2.24, 2.45) is 0 Å². The molecule has 1 aromatic rings. The lowest BCUT2D eigenvalue weighted by Crippen LogP contribution is -2.22. The van der Waals surface area contributed by atoms with Gasteiger partial charge in [0.05, 0.1) is 14.2 Å². The Morgan fingerprint density at radius 3 is 2.50 bits per heavy atom. The van der Waals surface area contributed by atoms with Gasteiger partial charge in [0.1, 0.15) is 5.57 Å². The molecule has 2 rings (SSSR count). The van der Waals surface area contributed by atoms with E-state index in [0.29, 0.717) is 12.1 Å². The van der Waals surface area contributed by atoms with Crippen molar-refractivity contribution < 1.29 is 23.5 Å². The Kier molecular flexibility index (Phi) is 4.80. The molecule has 1 heterocycles. The van der Waals surface area contributed by atoms with Gasteiger partial charge in [0.2, 0.25) is 5.78 Å². The number of nitrogens with zero attached hydrogens (tertiary/aromatic N) is 1. The van der Waals surface area contributed by atoms with Crippen LogP contribution < -0.4 is 4.74 Å². The average molecular weight is 307 g/mol. The first-order valence-electron chi connectivity index (χ1n) is 6.90. The van der Waals surface area contributed by atoms with Crippen LogP contribution in [-0.2, 0) is 9.53 Å². The summed E-state index contributed by atoms with van der Waals surface area (Å²) in [6.45, 7) is 0.764. The van der Waals surface area contributed by atoms with E-state index >= 15 is 0 Å². The number of ether oxygens (including phenoxy) is 2. The molecule has 1 fully saturated rings. The summed E-state index contributed by atoms with van der Waals surface area (Å²) in [6, 6.07) is 3.86. The summed E-state index contributed by atoms with van der Waals surface area (Å²) in [5.41, 5.74) is 0.687. The molecule has 0 saturated carbocycles. The molecule has 118 valence electrons. The first kappa shape index (κ1) is 16.0. The zero-order chi connectivity index (χ0) is 16.3. The number of halogens is 1. The van der Waals surface area contributed by atoms with E-state index in [-0.39, 0.29) is 16.9 Å². The van der Waals surface area contributed by atoms with Crippen molar-refractivity contribution >= 4 is 11.8 Å². The Balaban J connectivity index is 2.47. The highest BCUT2D eigenvalue weighted by Gasteiger charge is 2.29. The van der Waals surface area contributed by atoms with Gasteiger partial charge in [-0.15, -0.1) is 0 Å². The van der Waals surface area contributed by atoms with Gasteiger partial charge in [-0.1, -0.05) is 0 Å². The number of allylic oxidation sites excluding steroid dienone is 1. The topological polar surface area (TPSA) is 55.8 Å². The summed E-state index contributed by atoms with van der Waals surface area (Å²) in [5, 5.41) is 0. The predicted octanol–water partition coefficient (Wildman–Crippen LogP) is 2.17. The van der Waals surface area contributed by atoms with Crippen LogP contribution in [-0.4, -0.2) is 44.5 Å². The van der Waals surface area contributed by atoms with E-state index in [1.54, 1.807) is 0 Å². The number of rotatable bonds is 4. The van der Waals surface area contributed by atoms with Crippen LogP contribution in [0.2, 0.25) is 0 Å². The van der Waals surface area contributed by atoms with Crippen molar-refractivity contribution in [2.45, 2.75) is 12.8 Å². The Hall–Kier alpha value is -2.37. The monoisotopic (exact) mass is 307 g/mol. The van der Waals surface area contributed by atoms with Crippen LogP contribution in [0.25, 0.3) is 0 Å². The highest BCUT2D eigenvalue weighted by atomic mass is 19.1. The Morgan fingerprint density at radius 2 is 2.00 bits per heavy atom. The summed E-state index contributed by atoms with van der Waals surface area (Å²) < 4.78 is 23.3. The van der Waals surface area contributed by atoms with Gasteiger partial charge in [0.15, 0.2) is 11.6 Å². The third-order valence-electron chi connectivity index (χ3n) is 3.69. The Bertz CT molecular complexity index is 639. The number of hydrogen-bond acceptors (Lipinski definition) is 5. The first-order valence-corrected chi connectivity index (χ1v) is 6.90. The molecule has 1 saturated heterocycles. The third kappa shape index (κ3) is 2.95. The summed E-state index contributed by atoms with van der Waals surface area (Å²) in [4.78, 5) is 26.5. The highest BCUT2D eigenvalue weighted by Crippen LogP contribution is 2.27. The molecule has 1 aliphatic rings. The van der Waals surface area contributed by atoms with Crippen molar-refractivity contribution in [3.8, 4) is 5.75 Å². The minimum absolute atomic E-state index is 0.0351. The molecule has 0 atom stereocenters. The fourth-order valence-electron chi connectivity index (χ4n) is 2.52. The lowest BCUT2D eigenvalue weighted by Gasteiger charge is -2.16. The molecule has 6 heteroatoms. The molecule has 5 nitrogen and oxygen atoms in total. The van der Waals surface area contributed by atoms with Crippen LogP contribution >= 0.6 is 0 Å². The van der Waals surface area contributed by atoms with Crippen molar-refractivity contribution in [3.63, 3.8) is 0 Å². The van der Waals surface area contributed by atoms with Crippen LogP contribution in [0.4, 0.5) is 4.39 Å². The Labute approximate surface area is 128 Å². The quantitative estimate of drug-likeness (QED) is 0.280. The molecule has 0 bridgehead atoms. The summed E-state index contributed by atoms with van der Waals surface area (Å²) in [6.07, 6.45) is 1.47. The lowest BCUT2D eigenvalue weighted by molar-refractivity contribution is -0.135. The van der Waals surface area contributed by atoms with Gasteiger partial charge >= 0.3 is 5.97 Å². The van der Waals surface area contributed by atoms with Crippen molar-refractivity contribution in [3.05, 3.63) is 40.8 Å². The maximum Gasteiger partial charge on any atom is 0.343 e. The summed E-state index contributed by atoms with van der Waals surface area (Å²) >= 11 is 0. The van der Waals surface area contributed by atoms with Gasteiger partial charge < -0.3 is 14.4 Å². The summed E-state index contributed by atoms with van der Waals surface area (Å²) in [7, 11) is 4.38. The van der Waals surface area contributed by atoms with Gasteiger partial charge in [-0.25, -0.2) is 9.18 Å². The molecule has 0 aliphatic carbocycles. The van der Waals surface area contributed by atoms with Crippen molar-refractivity contribution in [1.82, 2.24) is 4.90 Å². The molecule has 0 radical (unpaired) electrons. The van der Waals surface area contributed by atoms with E-state index in [9.17, 15) is 14.0 Å². The number of ketones is 1. The molecular formula is C16H18FNO4.